The number of rotatable bonds is 2. The first-order chi connectivity index (χ1) is 8.20. The van der Waals surface area contributed by atoms with Gasteiger partial charge in [-0.3, -0.25) is 10.1 Å². The Morgan fingerprint density at radius 3 is 3.06 bits per heavy atom. The molecule has 0 aromatic carbocycles. The molecule has 5 nitrogen and oxygen atoms in total. The van der Waals surface area contributed by atoms with Crippen LogP contribution in [0.4, 0.5) is 5.13 Å². The number of ether oxygens (including phenoxy) is 1. The molecule has 0 saturated carbocycles. The molecule has 1 aromatic rings. The molecule has 0 aliphatic carbocycles. The molecule has 0 spiro atoms. The maximum atomic E-state index is 11.8. The van der Waals surface area contributed by atoms with E-state index in [9.17, 15) is 4.79 Å². The summed E-state index contributed by atoms with van der Waals surface area (Å²) in [6.45, 7) is 2.39. The maximum Gasteiger partial charge on any atom is 0.255 e. The number of nitriles is 1. The molecule has 90 valence electrons. The Hall–Kier alpha value is -1.45. The van der Waals surface area contributed by atoms with Gasteiger partial charge < -0.3 is 4.74 Å². The van der Waals surface area contributed by atoms with Crippen molar-refractivity contribution in [3.63, 3.8) is 0 Å². The average molecular weight is 251 g/mol. The predicted molar refractivity (Wildman–Crippen MR) is 63.8 cm³/mol. The number of hydrogen-bond donors (Lipinski definition) is 1. The Balaban J connectivity index is 2.00. The fourth-order valence-electron chi connectivity index (χ4n) is 1.69. The fourth-order valence-corrected chi connectivity index (χ4v) is 2.45. The van der Waals surface area contributed by atoms with Gasteiger partial charge in [-0.1, -0.05) is 11.3 Å². The lowest BCUT2D eigenvalue weighted by molar-refractivity contribution is -0.129. The van der Waals surface area contributed by atoms with Crippen LogP contribution in [0.3, 0.4) is 0 Å². The lowest BCUT2D eigenvalue weighted by Crippen LogP contribution is -2.33. The second kappa shape index (κ2) is 5.25. The van der Waals surface area contributed by atoms with Crippen molar-refractivity contribution in [2.45, 2.75) is 32.3 Å². The first kappa shape index (κ1) is 12.0. The van der Waals surface area contributed by atoms with Crippen LogP contribution in [0.25, 0.3) is 0 Å². The Morgan fingerprint density at radius 1 is 1.65 bits per heavy atom. The van der Waals surface area contributed by atoms with Crippen LogP contribution in [-0.2, 0) is 9.53 Å². The Bertz CT molecular complexity index is 458. The van der Waals surface area contributed by atoms with Gasteiger partial charge in [0.1, 0.15) is 17.1 Å². The van der Waals surface area contributed by atoms with Gasteiger partial charge in [0, 0.05) is 6.61 Å². The summed E-state index contributed by atoms with van der Waals surface area (Å²) in [6.07, 6.45) is 2.40. The predicted octanol–water partition coefficient (Wildman–Crippen LogP) is 1.83. The molecule has 1 atom stereocenters. The third kappa shape index (κ3) is 2.81. The van der Waals surface area contributed by atoms with E-state index >= 15 is 0 Å². The van der Waals surface area contributed by atoms with Crippen molar-refractivity contribution in [2.24, 2.45) is 0 Å². The zero-order valence-electron chi connectivity index (χ0n) is 9.52. The zero-order valence-corrected chi connectivity index (χ0v) is 10.3. The van der Waals surface area contributed by atoms with Crippen molar-refractivity contribution in [3.05, 3.63) is 10.6 Å². The van der Waals surface area contributed by atoms with E-state index in [-0.39, 0.29) is 12.0 Å². The van der Waals surface area contributed by atoms with Crippen molar-refractivity contribution in [1.82, 2.24) is 4.98 Å². The van der Waals surface area contributed by atoms with Gasteiger partial charge in [-0.05, 0) is 26.2 Å². The number of aryl methyl sites for hydroxylation is 1. The number of carbonyl (C=O) groups excluding carboxylic acids is 1. The fraction of sp³-hybridized carbons (Fsp3) is 0.545. The Kier molecular flexibility index (Phi) is 3.71. The van der Waals surface area contributed by atoms with Crippen LogP contribution < -0.4 is 5.32 Å². The molecule has 1 unspecified atom stereocenters. The molecule has 1 N–H and O–H groups in total. The summed E-state index contributed by atoms with van der Waals surface area (Å²) in [6, 6.07) is 2.04. The Labute approximate surface area is 103 Å². The summed E-state index contributed by atoms with van der Waals surface area (Å²) < 4.78 is 5.38. The molecule has 1 aliphatic heterocycles. The van der Waals surface area contributed by atoms with E-state index in [1.54, 1.807) is 6.92 Å². The molecule has 2 heterocycles. The summed E-state index contributed by atoms with van der Waals surface area (Å²) in [4.78, 5) is 16.5. The van der Waals surface area contributed by atoms with Crippen molar-refractivity contribution in [2.75, 3.05) is 11.9 Å². The second-order valence-electron chi connectivity index (χ2n) is 3.89. The molecule has 0 bridgehead atoms. The molecule has 6 heteroatoms. The van der Waals surface area contributed by atoms with Crippen LogP contribution in [0.15, 0.2) is 0 Å². The van der Waals surface area contributed by atoms with E-state index < -0.39 is 0 Å². The van der Waals surface area contributed by atoms with E-state index in [2.05, 4.69) is 10.3 Å². The van der Waals surface area contributed by atoms with E-state index in [1.807, 2.05) is 6.07 Å². The molecule has 1 saturated heterocycles. The molecule has 1 aromatic heterocycles. The first-order valence-corrected chi connectivity index (χ1v) is 6.32. The van der Waals surface area contributed by atoms with Crippen molar-refractivity contribution < 1.29 is 9.53 Å². The molecule has 1 fully saturated rings. The van der Waals surface area contributed by atoms with Crippen molar-refractivity contribution in [1.29, 1.82) is 5.26 Å². The zero-order chi connectivity index (χ0) is 12.3. The van der Waals surface area contributed by atoms with Crippen LogP contribution in [0.1, 0.15) is 29.8 Å². The topological polar surface area (TPSA) is 75.0 Å². The van der Waals surface area contributed by atoms with Gasteiger partial charge in [0.05, 0.1) is 5.69 Å². The van der Waals surface area contributed by atoms with Gasteiger partial charge in [-0.25, -0.2) is 4.98 Å². The van der Waals surface area contributed by atoms with Crippen molar-refractivity contribution >= 4 is 22.4 Å². The third-order valence-electron chi connectivity index (χ3n) is 2.60. The van der Waals surface area contributed by atoms with E-state index in [4.69, 9.17) is 10.00 Å². The summed E-state index contributed by atoms with van der Waals surface area (Å²) in [5.41, 5.74) is 0.650. The second-order valence-corrected chi connectivity index (χ2v) is 4.89. The van der Waals surface area contributed by atoms with Gasteiger partial charge in [0.2, 0.25) is 0 Å². The lowest BCUT2D eigenvalue weighted by atomic mass is 10.1. The highest BCUT2D eigenvalue weighted by molar-refractivity contribution is 7.16. The summed E-state index contributed by atoms with van der Waals surface area (Å²) >= 11 is 1.19. The maximum absolute atomic E-state index is 11.8. The molecule has 2 rings (SSSR count). The lowest BCUT2D eigenvalue weighted by Gasteiger charge is -2.20. The smallest absolute Gasteiger partial charge is 0.255 e. The van der Waals surface area contributed by atoms with Crippen LogP contribution in [0, 0.1) is 18.3 Å². The van der Waals surface area contributed by atoms with Crippen LogP contribution >= 0.6 is 11.3 Å². The standard InChI is InChI=1S/C11H13N3O2S/c1-7-9(6-12)17-11(13-7)14-10(15)8-4-2-3-5-16-8/h8H,2-5H2,1H3,(H,13,14,15). The normalized spacial score (nSPS) is 19.6. The quantitative estimate of drug-likeness (QED) is 0.870. The van der Waals surface area contributed by atoms with Crippen LogP contribution in [0.5, 0.6) is 0 Å². The number of thiazole rings is 1. The van der Waals surface area contributed by atoms with Gasteiger partial charge in [0.25, 0.3) is 5.91 Å². The minimum atomic E-state index is -0.376. The summed E-state index contributed by atoms with van der Waals surface area (Å²) in [5, 5.41) is 12.0. The summed E-state index contributed by atoms with van der Waals surface area (Å²) in [7, 11) is 0. The van der Waals surface area contributed by atoms with E-state index in [0.717, 1.165) is 19.3 Å². The SMILES string of the molecule is Cc1nc(NC(=O)C2CCCCO2)sc1C#N. The first-order valence-electron chi connectivity index (χ1n) is 5.50. The van der Waals surface area contributed by atoms with Gasteiger partial charge in [0.15, 0.2) is 5.13 Å². The largest absolute Gasteiger partial charge is 0.368 e. The molecule has 17 heavy (non-hydrogen) atoms. The van der Waals surface area contributed by atoms with Crippen molar-refractivity contribution in [3.8, 4) is 6.07 Å². The molecule has 1 amide bonds. The highest BCUT2D eigenvalue weighted by atomic mass is 32.1. The highest BCUT2D eigenvalue weighted by Gasteiger charge is 2.23. The average Bonchev–Trinajstić information content (AvgIpc) is 2.70. The van der Waals surface area contributed by atoms with E-state index in [0.29, 0.717) is 22.3 Å². The number of amides is 1. The monoisotopic (exact) mass is 251 g/mol. The van der Waals surface area contributed by atoms with Gasteiger partial charge in [-0.15, -0.1) is 0 Å². The van der Waals surface area contributed by atoms with Crippen LogP contribution in [0.2, 0.25) is 0 Å². The number of hydrogen-bond acceptors (Lipinski definition) is 5. The minimum Gasteiger partial charge on any atom is -0.368 e. The Morgan fingerprint density at radius 2 is 2.47 bits per heavy atom. The highest BCUT2D eigenvalue weighted by Crippen LogP contribution is 2.22. The van der Waals surface area contributed by atoms with Gasteiger partial charge >= 0.3 is 0 Å². The number of nitrogens with one attached hydrogen (secondary N) is 1. The van der Waals surface area contributed by atoms with E-state index in [1.165, 1.54) is 11.3 Å². The minimum absolute atomic E-state index is 0.164. The number of carbonyl (C=O) groups is 1. The third-order valence-corrected chi connectivity index (χ3v) is 3.58. The number of aromatic nitrogens is 1. The molecule has 0 radical (unpaired) electrons. The molecular formula is C11H13N3O2S. The number of nitrogens with zero attached hydrogens (tertiary/aromatic N) is 2. The van der Waals surface area contributed by atoms with Gasteiger partial charge in [-0.2, -0.15) is 5.26 Å². The molecular weight excluding hydrogens is 238 g/mol. The number of anilines is 1. The molecule has 1 aliphatic rings. The summed E-state index contributed by atoms with van der Waals surface area (Å²) in [5.74, 6) is -0.164. The van der Waals surface area contributed by atoms with Crippen LogP contribution in [-0.4, -0.2) is 23.6 Å².